The van der Waals surface area contributed by atoms with Gasteiger partial charge in [0.05, 0.1) is 38.2 Å². The summed E-state index contributed by atoms with van der Waals surface area (Å²) in [7, 11) is 4.15. The van der Waals surface area contributed by atoms with E-state index in [1.807, 2.05) is 12.1 Å². The molecule has 3 rings (SSSR count). The molecule has 1 aromatic heterocycles. The van der Waals surface area contributed by atoms with Gasteiger partial charge in [-0.15, -0.1) is 11.3 Å². The van der Waals surface area contributed by atoms with E-state index in [-0.39, 0.29) is 18.1 Å². The fourth-order valence-electron chi connectivity index (χ4n) is 2.64. The van der Waals surface area contributed by atoms with Gasteiger partial charge in [0.25, 0.3) is 0 Å². The molecule has 0 aliphatic rings. The molecule has 0 unspecified atom stereocenters. The van der Waals surface area contributed by atoms with Crippen LogP contribution < -0.4 is 18.9 Å². The lowest BCUT2D eigenvalue weighted by molar-refractivity contribution is -0.216. The number of methoxy groups -OCH3 is 3. The van der Waals surface area contributed by atoms with E-state index >= 15 is 0 Å². The third-order valence-corrected chi connectivity index (χ3v) is 5.11. The van der Waals surface area contributed by atoms with E-state index in [1.54, 1.807) is 13.2 Å². The number of rotatable bonds is 8. The number of benzene rings is 2. The highest BCUT2D eigenvalue weighted by atomic mass is 32.1. The van der Waals surface area contributed by atoms with Crippen LogP contribution in [-0.2, 0) is 9.53 Å². The molecule has 0 spiro atoms. The average Bonchev–Trinajstić information content (AvgIpc) is 3.16. The number of fused-ring (bicyclic) bond motifs is 1. The van der Waals surface area contributed by atoms with E-state index in [1.165, 1.54) is 44.6 Å². The predicted octanol–water partition coefficient (Wildman–Crippen LogP) is 4.52. The zero-order valence-corrected chi connectivity index (χ0v) is 17.5. The van der Waals surface area contributed by atoms with Crippen LogP contribution in [0.15, 0.2) is 30.3 Å². The number of nitrogens with zero attached hydrogens (tertiary/aromatic N) is 1. The van der Waals surface area contributed by atoms with Crippen molar-refractivity contribution in [3.63, 3.8) is 0 Å². The number of esters is 1. The predicted molar refractivity (Wildman–Crippen MR) is 107 cm³/mol. The van der Waals surface area contributed by atoms with Gasteiger partial charge in [0.2, 0.25) is 5.75 Å². The molecule has 160 valence electrons. The molecule has 0 aliphatic carbocycles. The molecule has 0 atom stereocenters. The van der Waals surface area contributed by atoms with Crippen molar-refractivity contribution < 1.29 is 37.3 Å². The van der Waals surface area contributed by atoms with Crippen LogP contribution in [-0.4, -0.2) is 45.0 Å². The van der Waals surface area contributed by atoms with Gasteiger partial charge in [-0.25, -0.2) is 9.78 Å². The Morgan fingerprint density at radius 3 is 2.30 bits per heavy atom. The van der Waals surface area contributed by atoms with Gasteiger partial charge in [0.15, 0.2) is 11.5 Å². The van der Waals surface area contributed by atoms with Crippen LogP contribution >= 0.6 is 11.3 Å². The van der Waals surface area contributed by atoms with Crippen molar-refractivity contribution in [2.45, 2.75) is 13.0 Å². The molecule has 0 radical (unpaired) electrons. The van der Waals surface area contributed by atoms with Gasteiger partial charge in [-0.05, 0) is 37.3 Å². The Kier molecular flexibility index (Phi) is 6.25. The third kappa shape index (κ3) is 4.23. The number of carbonyl (C=O) groups excluding carboxylic acids is 1. The highest BCUT2D eigenvalue weighted by molar-refractivity contribution is 7.21. The van der Waals surface area contributed by atoms with E-state index < -0.39 is 17.8 Å². The van der Waals surface area contributed by atoms with Crippen molar-refractivity contribution in [2.75, 3.05) is 27.9 Å². The van der Waals surface area contributed by atoms with Crippen molar-refractivity contribution in [3.05, 3.63) is 30.3 Å². The van der Waals surface area contributed by atoms with Gasteiger partial charge >= 0.3 is 12.1 Å². The Labute approximate surface area is 175 Å². The zero-order valence-electron chi connectivity index (χ0n) is 16.7. The lowest BCUT2D eigenvalue weighted by Crippen LogP contribution is -2.37. The summed E-state index contributed by atoms with van der Waals surface area (Å²) in [6, 6.07) is 8.42. The smallest absolute Gasteiger partial charge is 0.497 e. The third-order valence-electron chi connectivity index (χ3n) is 4.05. The van der Waals surface area contributed by atoms with Crippen LogP contribution in [0.5, 0.6) is 23.0 Å². The van der Waals surface area contributed by atoms with Crippen LogP contribution in [0.1, 0.15) is 6.92 Å². The first-order chi connectivity index (χ1) is 14.3. The van der Waals surface area contributed by atoms with Crippen molar-refractivity contribution in [1.29, 1.82) is 0 Å². The maximum absolute atomic E-state index is 14.1. The molecule has 2 aromatic carbocycles. The molecule has 1 heterocycles. The largest absolute Gasteiger partial charge is 0.502 e. The number of ether oxygens (including phenoxy) is 5. The monoisotopic (exact) mass is 439 g/mol. The number of carbonyl (C=O) groups is 1. The molecule has 7 nitrogen and oxygen atoms in total. The molecule has 0 N–H and O–H groups in total. The molecular formula is C20H19F2NO6S. The fourth-order valence-corrected chi connectivity index (χ4v) is 3.63. The normalized spacial score (nSPS) is 11.3. The summed E-state index contributed by atoms with van der Waals surface area (Å²) in [5.41, 5.74) is 1.32. The number of hydrogen-bond donors (Lipinski definition) is 0. The zero-order chi connectivity index (χ0) is 21.9. The van der Waals surface area contributed by atoms with Crippen LogP contribution in [0.2, 0.25) is 0 Å². The Hall–Kier alpha value is -3.14. The van der Waals surface area contributed by atoms with Crippen LogP contribution in [0, 0.1) is 0 Å². The first kappa shape index (κ1) is 21.6. The van der Waals surface area contributed by atoms with Crippen LogP contribution in [0.4, 0.5) is 8.78 Å². The lowest BCUT2D eigenvalue weighted by atomic mass is 10.2. The molecule has 0 aliphatic heterocycles. The fraction of sp³-hybridized carbons (Fsp3) is 0.300. The Bertz CT molecular complexity index is 1040. The summed E-state index contributed by atoms with van der Waals surface area (Å²) in [6.45, 7) is 1.20. The van der Waals surface area contributed by atoms with Crippen LogP contribution in [0.3, 0.4) is 0 Å². The van der Waals surface area contributed by atoms with E-state index in [9.17, 15) is 13.6 Å². The van der Waals surface area contributed by atoms with Gasteiger partial charge in [-0.1, -0.05) is 0 Å². The first-order valence-electron chi connectivity index (χ1n) is 8.78. The van der Waals surface area contributed by atoms with Gasteiger partial charge in [-0.2, -0.15) is 8.78 Å². The molecule has 30 heavy (non-hydrogen) atoms. The van der Waals surface area contributed by atoms with Crippen molar-refractivity contribution in [1.82, 2.24) is 4.98 Å². The molecule has 0 saturated heterocycles. The minimum atomic E-state index is -4.22. The average molecular weight is 439 g/mol. The van der Waals surface area contributed by atoms with Gasteiger partial charge in [-0.3, -0.25) is 0 Å². The van der Waals surface area contributed by atoms with E-state index in [2.05, 4.69) is 14.5 Å². The second kappa shape index (κ2) is 8.70. The number of thiazole rings is 1. The second-order valence-corrected chi connectivity index (χ2v) is 6.93. The summed E-state index contributed by atoms with van der Waals surface area (Å²) in [5, 5.41) is 0.610. The van der Waals surface area contributed by atoms with Gasteiger partial charge in [0, 0.05) is 5.56 Å². The highest BCUT2D eigenvalue weighted by Gasteiger charge is 2.45. The van der Waals surface area contributed by atoms with E-state index in [4.69, 9.17) is 14.2 Å². The standard InChI is InChI=1S/C20H19F2NO6S/c1-5-28-19(24)20(21,22)29-17-14(26-3)8-11(9-15(17)27-4)18-23-13-7-6-12(25-2)10-16(13)30-18/h6-10H,5H2,1-4H3. The molecule has 0 fully saturated rings. The maximum atomic E-state index is 14.1. The Morgan fingerprint density at radius 2 is 1.73 bits per heavy atom. The van der Waals surface area contributed by atoms with Gasteiger partial charge < -0.3 is 23.7 Å². The molecule has 0 saturated carbocycles. The minimum absolute atomic E-state index is 0.0508. The second-order valence-electron chi connectivity index (χ2n) is 5.90. The SMILES string of the molecule is CCOC(=O)C(F)(F)Oc1c(OC)cc(-c2nc3ccc(OC)cc3s2)cc1OC. The quantitative estimate of drug-likeness (QED) is 0.478. The summed E-state index contributed by atoms with van der Waals surface area (Å²) >= 11 is 1.38. The maximum Gasteiger partial charge on any atom is 0.502 e. The number of alkyl halides is 2. The number of hydrogen-bond acceptors (Lipinski definition) is 8. The molecular weight excluding hydrogens is 420 g/mol. The van der Waals surface area contributed by atoms with Crippen molar-refractivity contribution >= 4 is 27.5 Å². The lowest BCUT2D eigenvalue weighted by Gasteiger charge is -2.20. The Balaban J connectivity index is 2.04. The van der Waals surface area contributed by atoms with E-state index in [0.717, 1.165) is 10.2 Å². The first-order valence-corrected chi connectivity index (χ1v) is 9.59. The van der Waals surface area contributed by atoms with Crippen molar-refractivity contribution in [2.24, 2.45) is 0 Å². The summed E-state index contributed by atoms with van der Waals surface area (Å²) in [6.07, 6.45) is -4.22. The highest BCUT2D eigenvalue weighted by Crippen LogP contribution is 2.45. The summed E-state index contributed by atoms with van der Waals surface area (Å²) in [5.74, 6) is -1.64. The Morgan fingerprint density at radius 1 is 1.07 bits per heavy atom. The minimum Gasteiger partial charge on any atom is -0.497 e. The topological polar surface area (TPSA) is 76.1 Å². The molecule has 0 bridgehead atoms. The van der Waals surface area contributed by atoms with Crippen LogP contribution in [0.25, 0.3) is 20.8 Å². The summed E-state index contributed by atoms with van der Waals surface area (Å²) in [4.78, 5) is 16.1. The van der Waals surface area contributed by atoms with Gasteiger partial charge in [0.1, 0.15) is 10.8 Å². The molecule has 0 amide bonds. The number of halogens is 2. The number of aromatic nitrogens is 1. The van der Waals surface area contributed by atoms with Crippen molar-refractivity contribution in [3.8, 4) is 33.6 Å². The van der Waals surface area contributed by atoms with E-state index in [0.29, 0.717) is 16.3 Å². The molecule has 3 aromatic rings. The summed E-state index contributed by atoms with van der Waals surface area (Å²) < 4.78 is 53.8. The molecule has 10 heteroatoms.